The molecule has 0 radical (unpaired) electrons. The van der Waals surface area contributed by atoms with Crippen LogP contribution in [0.15, 0.2) is 24.3 Å². The maximum atomic E-state index is 13.4. The Morgan fingerprint density at radius 3 is 2.74 bits per heavy atom. The molecule has 0 aliphatic carbocycles. The summed E-state index contributed by atoms with van der Waals surface area (Å²) in [6.45, 7) is 1.98. The van der Waals surface area contributed by atoms with Crippen molar-refractivity contribution in [1.29, 1.82) is 0 Å². The van der Waals surface area contributed by atoms with E-state index in [1.807, 2.05) is 0 Å². The summed E-state index contributed by atoms with van der Waals surface area (Å²) in [6.07, 6.45) is -2.07. The van der Waals surface area contributed by atoms with Gasteiger partial charge in [-0.1, -0.05) is 12.1 Å². The summed E-state index contributed by atoms with van der Waals surface area (Å²) in [5, 5.41) is 13.1. The van der Waals surface area contributed by atoms with Gasteiger partial charge in [0.2, 0.25) is 0 Å². The maximum absolute atomic E-state index is 13.4. The Bertz CT molecular complexity index is 845. The van der Waals surface area contributed by atoms with Gasteiger partial charge < -0.3 is 10.0 Å². The van der Waals surface area contributed by atoms with Gasteiger partial charge in [0.1, 0.15) is 0 Å². The molecule has 1 atom stereocenters. The van der Waals surface area contributed by atoms with E-state index in [0.717, 1.165) is 19.3 Å². The van der Waals surface area contributed by atoms with Gasteiger partial charge in [-0.25, -0.2) is 0 Å². The number of rotatable bonds is 3. The Morgan fingerprint density at radius 2 is 2.07 bits per heavy atom. The van der Waals surface area contributed by atoms with Crippen LogP contribution < -0.4 is 0 Å². The third-order valence-corrected chi connectivity index (χ3v) is 5.10. The van der Waals surface area contributed by atoms with Crippen molar-refractivity contribution in [1.82, 2.24) is 14.7 Å². The predicted octanol–water partition coefficient (Wildman–Crippen LogP) is 3.40. The summed E-state index contributed by atoms with van der Waals surface area (Å²) in [6, 6.07) is 5.95. The van der Waals surface area contributed by atoms with Crippen LogP contribution in [0.25, 0.3) is 11.1 Å². The molecular formula is C19H22F3N3O2. The summed E-state index contributed by atoms with van der Waals surface area (Å²) in [4.78, 5) is 14.5. The molecule has 1 aromatic carbocycles. The average Bonchev–Trinajstić information content (AvgIpc) is 2.96. The monoisotopic (exact) mass is 381 g/mol. The van der Waals surface area contributed by atoms with Gasteiger partial charge in [0.15, 0.2) is 5.69 Å². The predicted molar refractivity (Wildman–Crippen MR) is 94.1 cm³/mol. The Hall–Kier alpha value is -2.35. The quantitative estimate of drug-likeness (QED) is 0.887. The first-order valence-corrected chi connectivity index (χ1v) is 8.87. The molecule has 8 heteroatoms. The highest BCUT2D eigenvalue weighted by atomic mass is 19.4. The fraction of sp³-hybridized carbons (Fsp3) is 0.474. The zero-order valence-electron chi connectivity index (χ0n) is 15.3. The second-order valence-electron chi connectivity index (χ2n) is 6.84. The van der Waals surface area contributed by atoms with Gasteiger partial charge in [0.05, 0.1) is 12.6 Å². The number of hydrogen-bond acceptors (Lipinski definition) is 3. The largest absolute Gasteiger partial charge is 0.435 e. The van der Waals surface area contributed by atoms with Crippen molar-refractivity contribution in [2.75, 3.05) is 13.2 Å². The number of likely N-dealkylation sites (tertiary alicyclic amines) is 1. The summed E-state index contributed by atoms with van der Waals surface area (Å²) < 4.78 is 41.4. The highest BCUT2D eigenvalue weighted by Crippen LogP contribution is 2.38. The zero-order chi connectivity index (χ0) is 19.8. The molecule has 5 nitrogen and oxygen atoms in total. The molecule has 1 saturated heterocycles. The van der Waals surface area contributed by atoms with Gasteiger partial charge in [0.25, 0.3) is 5.91 Å². The molecule has 2 aromatic rings. The molecule has 146 valence electrons. The minimum atomic E-state index is -4.59. The molecule has 1 aromatic heterocycles. The fourth-order valence-corrected chi connectivity index (χ4v) is 3.58. The Kier molecular flexibility index (Phi) is 5.28. The number of hydrogen-bond donors (Lipinski definition) is 1. The third-order valence-electron chi connectivity index (χ3n) is 5.10. The minimum absolute atomic E-state index is 0.0167. The second kappa shape index (κ2) is 7.34. The molecule has 1 N–H and O–H groups in total. The first-order valence-electron chi connectivity index (χ1n) is 8.87. The zero-order valence-corrected chi connectivity index (χ0v) is 15.3. The summed E-state index contributed by atoms with van der Waals surface area (Å²) in [7, 11) is 1.46. The van der Waals surface area contributed by atoms with E-state index in [0.29, 0.717) is 23.4 Å². The van der Waals surface area contributed by atoms with Crippen LogP contribution in [0.2, 0.25) is 0 Å². The fourth-order valence-electron chi connectivity index (χ4n) is 3.58. The van der Waals surface area contributed by atoms with E-state index < -0.39 is 11.9 Å². The van der Waals surface area contributed by atoms with Crippen molar-refractivity contribution in [2.45, 2.75) is 38.4 Å². The number of nitrogens with zero attached hydrogens (tertiary/aromatic N) is 3. The Labute approximate surface area is 155 Å². The van der Waals surface area contributed by atoms with Crippen LogP contribution in [-0.2, 0) is 13.2 Å². The number of alkyl halides is 3. The van der Waals surface area contributed by atoms with E-state index in [1.165, 1.54) is 17.8 Å². The van der Waals surface area contributed by atoms with Crippen molar-refractivity contribution in [2.24, 2.45) is 7.05 Å². The van der Waals surface area contributed by atoms with E-state index in [9.17, 15) is 23.1 Å². The van der Waals surface area contributed by atoms with Crippen LogP contribution in [0.4, 0.5) is 13.2 Å². The van der Waals surface area contributed by atoms with Crippen molar-refractivity contribution in [3.63, 3.8) is 0 Å². The number of aliphatic hydroxyl groups is 1. The van der Waals surface area contributed by atoms with Gasteiger partial charge in [-0.2, -0.15) is 18.3 Å². The van der Waals surface area contributed by atoms with Crippen molar-refractivity contribution in [3.05, 3.63) is 41.2 Å². The lowest BCUT2D eigenvalue weighted by Crippen LogP contribution is -2.45. The summed E-state index contributed by atoms with van der Waals surface area (Å²) in [5.41, 5.74) is 0.00833. The number of carbonyl (C=O) groups is 1. The first-order chi connectivity index (χ1) is 12.7. The topological polar surface area (TPSA) is 58.4 Å². The van der Waals surface area contributed by atoms with E-state index in [-0.39, 0.29) is 24.1 Å². The number of piperidine rings is 1. The number of aryl methyl sites for hydroxylation is 1. The molecule has 3 rings (SSSR count). The number of carbonyl (C=O) groups excluding carboxylic acids is 1. The molecule has 1 amide bonds. The molecule has 1 fully saturated rings. The molecule has 1 aliphatic heterocycles. The van der Waals surface area contributed by atoms with Crippen LogP contribution >= 0.6 is 0 Å². The molecule has 0 bridgehead atoms. The molecule has 0 spiro atoms. The standard InChI is InChI=1S/C19H22F3N3O2/c1-12-16(17(19(20,21)22)23-24(12)2)13-6-5-7-14(10-13)18(27)25-9-4-3-8-15(25)11-26/h5-7,10,15,26H,3-4,8-9,11H2,1-2H3. The van der Waals surface area contributed by atoms with E-state index in [1.54, 1.807) is 30.0 Å². The van der Waals surface area contributed by atoms with Gasteiger partial charge in [-0.05, 0) is 43.9 Å². The van der Waals surface area contributed by atoms with E-state index >= 15 is 0 Å². The van der Waals surface area contributed by atoms with Crippen molar-refractivity contribution < 1.29 is 23.1 Å². The molecule has 0 saturated carbocycles. The average molecular weight is 381 g/mol. The van der Waals surface area contributed by atoms with Crippen LogP contribution in [0.1, 0.15) is 41.0 Å². The SMILES string of the molecule is Cc1c(-c2cccc(C(=O)N3CCCCC3CO)c2)c(C(F)(F)F)nn1C. The number of halogens is 3. The summed E-state index contributed by atoms with van der Waals surface area (Å²) in [5.74, 6) is -0.272. The molecule has 1 unspecified atom stereocenters. The minimum Gasteiger partial charge on any atom is -0.394 e. The van der Waals surface area contributed by atoms with Crippen LogP contribution in [0.5, 0.6) is 0 Å². The third kappa shape index (κ3) is 3.71. The van der Waals surface area contributed by atoms with E-state index in [4.69, 9.17) is 0 Å². The Morgan fingerprint density at radius 1 is 1.33 bits per heavy atom. The lowest BCUT2D eigenvalue weighted by atomic mass is 9.98. The molecular weight excluding hydrogens is 359 g/mol. The van der Waals surface area contributed by atoms with Crippen LogP contribution in [0, 0.1) is 6.92 Å². The van der Waals surface area contributed by atoms with Crippen LogP contribution in [-0.4, -0.2) is 44.9 Å². The Balaban J connectivity index is 2.01. The molecule has 1 aliphatic rings. The highest BCUT2D eigenvalue weighted by Gasteiger charge is 2.38. The maximum Gasteiger partial charge on any atom is 0.435 e. The molecule has 2 heterocycles. The van der Waals surface area contributed by atoms with Crippen molar-refractivity contribution in [3.8, 4) is 11.1 Å². The lowest BCUT2D eigenvalue weighted by Gasteiger charge is -2.34. The number of aliphatic hydroxyl groups excluding tert-OH is 1. The van der Waals surface area contributed by atoms with Crippen LogP contribution in [0.3, 0.4) is 0 Å². The van der Waals surface area contributed by atoms with Gasteiger partial charge >= 0.3 is 6.18 Å². The second-order valence-corrected chi connectivity index (χ2v) is 6.84. The number of aromatic nitrogens is 2. The van der Waals surface area contributed by atoms with Gasteiger partial charge in [-0.15, -0.1) is 0 Å². The normalized spacial score (nSPS) is 18.0. The van der Waals surface area contributed by atoms with Gasteiger partial charge in [-0.3, -0.25) is 9.48 Å². The molecule has 27 heavy (non-hydrogen) atoms. The van der Waals surface area contributed by atoms with E-state index in [2.05, 4.69) is 5.10 Å². The van der Waals surface area contributed by atoms with Crippen molar-refractivity contribution >= 4 is 5.91 Å². The van der Waals surface area contributed by atoms with Gasteiger partial charge in [0, 0.05) is 30.4 Å². The highest BCUT2D eigenvalue weighted by molar-refractivity contribution is 5.96. The first kappa shape index (κ1) is 19.4. The lowest BCUT2D eigenvalue weighted by molar-refractivity contribution is -0.140. The summed E-state index contributed by atoms with van der Waals surface area (Å²) >= 11 is 0. The number of amides is 1. The smallest absolute Gasteiger partial charge is 0.394 e. The number of benzene rings is 1.